The van der Waals surface area contributed by atoms with E-state index in [0.717, 1.165) is 24.2 Å². The molecule has 1 aromatic carbocycles. The maximum atomic E-state index is 12.5. The quantitative estimate of drug-likeness (QED) is 0.888. The van der Waals surface area contributed by atoms with Crippen LogP contribution in [-0.2, 0) is 16.4 Å². The number of hydrogen-bond acceptors (Lipinski definition) is 4. The highest BCUT2D eigenvalue weighted by atomic mass is 35.5. The van der Waals surface area contributed by atoms with Gasteiger partial charge in [0.15, 0.2) is 0 Å². The van der Waals surface area contributed by atoms with Crippen LogP contribution in [0.1, 0.15) is 18.9 Å². The Balaban J connectivity index is 0.00000147. The van der Waals surface area contributed by atoms with Crippen LogP contribution in [0.15, 0.2) is 23.1 Å². The molecule has 2 atom stereocenters. The van der Waals surface area contributed by atoms with Crippen LogP contribution < -0.4 is 10.5 Å². The third kappa shape index (κ3) is 2.65. The van der Waals surface area contributed by atoms with E-state index < -0.39 is 10.0 Å². The predicted octanol–water partition coefficient (Wildman–Crippen LogP) is 1.15. The minimum Gasteiger partial charge on any atom is -0.490 e. The normalized spacial score (nSPS) is 25.9. The number of sulfonamides is 1. The lowest BCUT2D eigenvalue weighted by Crippen LogP contribution is -2.32. The molecular formula is C13H19ClN2O3S. The first kappa shape index (κ1) is 15.6. The van der Waals surface area contributed by atoms with E-state index in [4.69, 9.17) is 10.5 Å². The number of halogens is 1. The molecule has 1 aromatic rings. The van der Waals surface area contributed by atoms with Crippen molar-refractivity contribution in [1.29, 1.82) is 0 Å². The zero-order valence-corrected chi connectivity index (χ0v) is 12.9. The van der Waals surface area contributed by atoms with Crippen molar-refractivity contribution in [2.24, 2.45) is 5.73 Å². The summed E-state index contributed by atoms with van der Waals surface area (Å²) in [5.74, 6) is 0.796. The van der Waals surface area contributed by atoms with Crippen molar-refractivity contribution in [3.63, 3.8) is 0 Å². The topological polar surface area (TPSA) is 72.6 Å². The molecule has 1 fully saturated rings. The van der Waals surface area contributed by atoms with E-state index in [9.17, 15) is 8.42 Å². The van der Waals surface area contributed by atoms with Crippen molar-refractivity contribution in [2.45, 2.75) is 36.8 Å². The first-order valence-electron chi connectivity index (χ1n) is 6.52. The molecule has 0 spiro atoms. The monoisotopic (exact) mass is 318 g/mol. The Morgan fingerprint density at radius 1 is 1.40 bits per heavy atom. The van der Waals surface area contributed by atoms with Crippen LogP contribution >= 0.6 is 12.4 Å². The second-order valence-corrected chi connectivity index (χ2v) is 7.25. The molecule has 0 aliphatic carbocycles. The summed E-state index contributed by atoms with van der Waals surface area (Å²) in [6.07, 6.45) is 1.61. The van der Waals surface area contributed by atoms with E-state index in [1.165, 1.54) is 4.31 Å². The van der Waals surface area contributed by atoms with Gasteiger partial charge in [-0.05, 0) is 37.1 Å². The Morgan fingerprint density at radius 2 is 2.15 bits per heavy atom. The van der Waals surface area contributed by atoms with Crippen LogP contribution in [0.25, 0.3) is 0 Å². The molecule has 0 amide bonds. The van der Waals surface area contributed by atoms with Crippen LogP contribution in [0.5, 0.6) is 5.75 Å². The van der Waals surface area contributed by atoms with Gasteiger partial charge in [0.1, 0.15) is 11.9 Å². The van der Waals surface area contributed by atoms with Crippen LogP contribution in [0.4, 0.5) is 0 Å². The highest BCUT2D eigenvalue weighted by molar-refractivity contribution is 7.89. The Labute approximate surface area is 125 Å². The lowest BCUT2D eigenvalue weighted by molar-refractivity contribution is 0.254. The Morgan fingerprint density at radius 3 is 2.80 bits per heavy atom. The molecule has 0 saturated carbocycles. The van der Waals surface area contributed by atoms with E-state index in [1.54, 1.807) is 18.2 Å². The molecular weight excluding hydrogens is 300 g/mol. The molecule has 2 heterocycles. The fourth-order valence-corrected chi connectivity index (χ4v) is 4.24. The molecule has 1 unspecified atom stereocenters. The van der Waals surface area contributed by atoms with Crippen LogP contribution in [0.2, 0.25) is 0 Å². The zero-order valence-electron chi connectivity index (χ0n) is 11.3. The van der Waals surface area contributed by atoms with Gasteiger partial charge in [-0.1, -0.05) is 0 Å². The average Bonchev–Trinajstić information content (AvgIpc) is 2.93. The predicted molar refractivity (Wildman–Crippen MR) is 78.8 cm³/mol. The number of rotatable bonds is 2. The van der Waals surface area contributed by atoms with Gasteiger partial charge in [0.25, 0.3) is 0 Å². The minimum absolute atomic E-state index is 0. The highest BCUT2D eigenvalue weighted by Gasteiger charge is 2.32. The molecule has 20 heavy (non-hydrogen) atoms. The van der Waals surface area contributed by atoms with E-state index in [2.05, 4.69) is 0 Å². The fourth-order valence-electron chi connectivity index (χ4n) is 2.68. The van der Waals surface area contributed by atoms with Gasteiger partial charge in [0.05, 0.1) is 4.90 Å². The lowest BCUT2D eigenvalue weighted by atomic mass is 10.1. The smallest absolute Gasteiger partial charge is 0.243 e. The van der Waals surface area contributed by atoms with Crippen molar-refractivity contribution in [3.8, 4) is 5.75 Å². The van der Waals surface area contributed by atoms with Gasteiger partial charge >= 0.3 is 0 Å². The number of hydrogen-bond donors (Lipinski definition) is 1. The van der Waals surface area contributed by atoms with Crippen LogP contribution in [0.3, 0.4) is 0 Å². The second-order valence-electron chi connectivity index (χ2n) is 5.31. The van der Waals surface area contributed by atoms with Crippen molar-refractivity contribution < 1.29 is 13.2 Å². The fraction of sp³-hybridized carbons (Fsp3) is 0.538. The Bertz CT molecular complexity index is 606. The number of fused-ring (bicyclic) bond motifs is 1. The van der Waals surface area contributed by atoms with Crippen LogP contribution in [-0.4, -0.2) is 38.0 Å². The van der Waals surface area contributed by atoms with Crippen molar-refractivity contribution in [3.05, 3.63) is 23.8 Å². The molecule has 0 aromatic heterocycles. The van der Waals surface area contributed by atoms with Crippen LogP contribution in [0, 0.1) is 0 Å². The molecule has 2 N–H and O–H groups in total. The molecule has 112 valence electrons. The Kier molecular flexibility index (Phi) is 4.30. The zero-order chi connectivity index (χ0) is 13.6. The molecule has 0 radical (unpaired) electrons. The van der Waals surface area contributed by atoms with Crippen molar-refractivity contribution in [2.75, 3.05) is 13.1 Å². The highest BCUT2D eigenvalue weighted by Crippen LogP contribution is 2.32. The van der Waals surface area contributed by atoms with Crippen molar-refractivity contribution in [1.82, 2.24) is 4.31 Å². The molecule has 1 saturated heterocycles. The number of nitrogens with zero attached hydrogens (tertiary/aromatic N) is 1. The lowest BCUT2D eigenvalue weighted by Gasteiger charge is -2.16. The van der Waals surface area contributed by atoms with Gasteiger partial charge in [0.2, 0.25) is 10.0 Å². The first-order valence-corrected chi connectivity index (χ1v) is 7.96. The summed E-state index contributed by atoms with van der Waals surface area (Å²) in [4.78, 5) is 0.345. The largest absolute Gasteiger partial charge is 0.490 e. The summed E-state index contributed by atoms with van der Waals surface area (Å²) in [7, 11) is -3.41. The van der Waals surface area contributed by atoms with E-state index >= 15 is 0 Å². The van der Waals surface area contributed by atoms with Gasteiger partial charge in [-0.15, -0.1) is 12.4 Å². The summed E-state index contributed by atoms with van der Waals surface area (Å²) in [5.41, 5.74) is 6.75. The van der Waals surface area contributed by atoms with Gasteiger partial charge in [-0.3, -0.25) is 0 Å². The van der Waals surface area contributed by atoms with E-state index in [-0.39, 0.29) is 24.6 Å². The summed E-state index contributed by atoms with van der Waals surface area (Å²) in [6.45, 7) is 2.90. The van der Waals surface area contributed by atoms with Crippen molar-refractivity contribution >= 4 is 22.4 Å². The summed E-state index contributed by atoms with van der Waals surface area (Å²) < 4.78 is 32.0. The molecule has 3 rings (SSSR count). The van der Waals surface area contributed by atoms with E-state index in [0.29, 0.717) is 18.0 Å². The van der Waals surface area contributed by atoms with E-state index in [1.807, 2.05) is 6.92 Å². The summed E-state index contributed by atoms with van der Waals surface area (Å²) in [6, 6.07) is 5.06. The second kappa shape index (κ2) is 5.52. The minimum atomic E-state index is -3.41. The van der Waals surface area contributed by atoms with Gasteiger partial charge in [-0.25, -0.2) is 8.42 Å². The first-order chi connectivity index (χ1) is 8.96. The molecule has 0 bridgehead atoms. The molecule has 5 nitrogen and oxygen atoms in total. The summed E-state index contributed by atoms with van der Waals surface area (Å²) in [5, 5.41) is 0. The van der Waals surface area contributed by atoms with Gasteiger partial charge < -0.3 is 10.5 Å². The SMILES string of the molecule is CC1Cc2cc(S(=O)(=O)N3CC[C@@H](N)C3)ccc2O1.Cl. The number of nitrogens with two attached hydrogens (primary N) is 1. The molecule has 7 heteroatoms. The maximum Gasteiger partial charge on any atom is 0.243 e. The summed E-state index contributed by atoms with van der Waals surface area (Å²) >= 11 is 0. The Hall–Kier alpha value is -0.820. The molecule has 2 aliphatic rings. The third-order valence-corrected chi connectivity index (χ3v) is 5.55. The third-order valence-electron chi connectivity index (χ3n) is 3.69. The van der Waals surface area contributed by atoms with Gasteiger partial charge in [0, 0.05) is 25.6 Å². The maximum absolute atomic E-state index is 12.5. The molecule has 2 aliphatic heterocycles. The average molecular weight is 319 g/mol. The number of ether oxygens (including phenoxy) is 1. The number of benzene rings is 1. The van der Waals surface area contributed by atoms with Gasteiger partial charge in [-0.2, -0.15) is 4.31 Å². The standard InChI is InChI=1S/C13H18N2O3S.ClH/c1-9-6-10-7-12(2-3-13(10)18-9)19(16,17)15-5-4-11(14)8-15;/h2-3,7,9,11H,4-6,8,14H2,1H3;1H/t9?,11-;/m1./s1.